The standard InChI is InChI=1S/C26H26N6O3S/c1-3-21-19(7-6-16(2)28-21)20-13-18(26(34)35)14-22-24(20)29-25(36-22)17-5-4-10-31(15-17)23(33)8-11-32-12-9-27-30-32/h5-7,9,12-14H,3-4,8,10-11,15H2,1-2H3,(H,34,35). The number of carboxylic acid groups (broad SMARTS) is 1. The van der Waals surface area contributed by atoms with Gasteiger partial charge in [0.05, 0.1) is 28.5 Å². The molecule has 1 amide bonds. The van der Waals surface area contributed by atoms with Crippen LogP contribution >= 0.6 is 11.3 Å². The van der Waals surface area contributed by atoms with Gasteiger partial charge in [-0.1, -0.05) is 24.3 Å². The highest BCUT2D eigenvalue weighted by Crippen LogP contribution is 2.37. The number of carbonyl (C=O) groups is 2. The topological polar surface area (TPSA) is 114 Å². The van der Waals surface area contributed by atoms with Crippen LogP contribution in [0.25, 0.3) is 26.9 Å². The fourth-order valence-corrected chi connectivity index (χ4v) is 5.52. The molecule has 0 radical (unpaired) electrons. The number of hydrogen-bond donors (Lipinski definition) is 1. The van der Waals surface area contributed by atoms with Gasteiger partial charge in [0.2, 0.25) is 5.91 Å². The van der Waals surface area contributed by atoms with Crippen LogP contribution in [-0.4, -0.2) is 59.9 Å². The van der Waals surface area contributed by atoms with Crippen molar-refractivity contribution in [1.29, 1.82) is 0 Å². The molecule has 184 valence electrons. The van der Waals surface area contributed by atoms with Crippen molar-refractivity contribution in [1.82, 2.24) is 29.9 Å². The summed E-state index contributed by atoms with van der Waals surface area (Å²) in [6.07, 6.45) is 7.29. The number of hydrogen-bond acceptors (Lipinski definition) is 7. The molecule has 0 atom stereocenters. The molecule has 1 aromatic carbocycles. The van der Waals surface area contributed by atoms with Gasteiger partial charge in [0, 0.05) is 53.8 Å². The highest BCUT2D eigenvalue weighted by atomic mass is 32.1. The van der Waals surface area contributed by atoms with Crippen LogP contribution in [0, 0.1) is 6.92 Å². The summed E-state index contributed by atoms with van der Waals surface area (Å²) in [4.78, 5) is 36.2. The van der Waals surface area contributed by atoms with Crippen LogP contribution in [0.15, 0.2) is 42.7 Å². The first-order chi connectivity index (χ1) is 17.4. The van der Waals surface area contributed by atoms with E-state index in [1.54, 1.807) is 29.2 Å². The third-order valence-corrected chi connectivity index (χ3v) is 7.36. The molecule has 0 aliphatic carbocycles. The molecule has 10 heteroatoms. The van der Waals surface area contributed by atoms with Crippen molar-refractivity contribution in [2.75, 3.05) is 13.1 Å². The molecule has 0 saturated heterocycles. The predicted molar refractivity (Wildman–Crippen MR) is 138 cm³/mol. The van der Waals surface area contributed by atoms with Gasteiger partial charge in [0.15, 0.2) is 0 Å². The predicted octanol–water partition coefficient (Wildman–Crippen LogP) is 4.22. The second-order valence-electron chi connectivity index (χ2n) is 8.74. The molecule has 1 aliphatic rings. The molecular formula is C26H26N6O3S. The van der Waals surface area contributed by atoms with E-state index < -0.39 is 5.97 Å². The zero-order chi connectivity index (χ0) is 25.2. The van der Waals surface area contributed by atoms with Crippen LogP contribution in [0.2, 0.25) is 0 Å². The van der Waals surface area contributed by atoms with Gasteiger partial charge in [-0.05, 0) is 38.0 Å². The first-order valence-corrected chi connectivity index (χ1v) is 12.7. The Bertz CT molecular complexity index is 1470. The molecule has 5 rings (SSSR count). The highest BCUT2D eigenvalue weighted by Gasteiger charge is 2.23. The molecule has 0 bridgehead atoms. The lowest BCUT2D eigenvalue weighted by atomic mass is 9.98. The number of thiazole rings is 1. The number of fused-ring (bicyclic) bond motifs is 1. The largest absolute Gasteiger partial charge is 0.478 e. The summed E-state index contributed by atoms with van der Waals surface area (Å²) < 4.78 is 2.45. The number of carboxylic acids is 1. The smallest absolute Gasteiger partial charge is 0.335 e. The average Bonchev–Trinajstić information content (AvgIpc) is 3.56. The number of carbonyl (C=O) groups excluding carboxylic acids is 1. The van der Waals surface area contributed by atoms with Crippen LogP contribution < -0.4 is 0 Å². The van der Waals surface area contributed by atoms with Gasteiger partial charge in [0.1, 0.15) is 5.01 Å². The summed E-state index contributed by atoms with van der Waals surface area (Å²) in [5.41, 5.74) is 5.46. The Labute approximate surface area is 212 Å². The number of rotatable bonds is 7. The van der Waals surface area contributed by atoms with E-state index in [9.17, 15) is 14.7 Å². The van der Waals surface area contributed by atoms with E-state index in [0.29, 0.717) is 26.1 Å². The number of aromatic carboxylic acids is 1. The molecule has 1 N–H and O–H groups in total. The Morgan fingerprint density at radius 2 is 2.03 bits per heavy atom. The van der Waals surface area contributed by atoms with Gasteiger partial charge in [-0.25, -0.2) is 9.78 Å². The molecule has 0 unspecified atom stereocenters. The van der Waals surface area contributed by atoms with Crippen LogP contribution in [0.4, 0.5) is 0 Å². The lowest BCUT2D eigenvalue weighted by Gasteiger charge is -2.26. The second kappa shape index (κ2) is 9.98. The molecular weight excluding hydrogens is 476 g/mol. The highest BCUT2D eigenvalue weighted by molar-refractivity contribution is 7.19. The summed E-state index contributed by atoms with van der Waals surface area (Å²) in [5.74, 6) is -0.920. The van der Waals surface area contributed by atoms with Crippen molar-refractivity contribution in [3.63, 3.8) is 0 Å². The Kier molecular flexibility index (Phi) is 6.60. The molecule has 0 spiro atoms. The fraction of sp³-hybridized carbons (Fsp3) is 0.308. The number of aryl methyl sites for hydroxylation is 3. The molecule has 9 nitrogen and oxygen atoms in total. The van der Waals surface area contributed by atoms with Crippen LogP contribution in [0.3, 0.4) is 0 Å². The minimum Gasteiger partial charge on any atom is -0.478 e. The van der Waals surface area contributed by atoms with Gasteiger partial charge in [-0.2, -0.15) is 0 Å². The quantitative estimate of drug-likeness (QED) is 0.402. The van der Waals surface area contributed by atoms with Gasteiger partial charge in [-0.15, -0.1) is 16.4 Å². The number of aromatic nitrogens is 5. The van der Waals surface area contributed by atoms with Crippen LogP contribution in [-0.2, 0) is 17.8 Å². The summed E-state index contributed by atoms with van der Waals surface area (Å²) >= 11 is 1.46. The number of nitrogens with zero attached hydrogens (tertiary/aromatic N) is 6. The van der Waals surface area contributed by atoms with Crippen molar-refractivity contribution in [3.05, 3.63) is 64.7 Å². The molecule has 0 fully saturated rings. The summed E-state index contributed by atoms with van der Waals surface area (Å²) in [5, 5.41) is 18.3. The maximum atomic E-state index is 12.8. The lowest BCUT2D eigenvalue weighted by Crippen LogP contribution is -2.35. The summed E-state index contributed by atoms with van der Waals surface area (Å²) in [6.45, 7) is 5.61. The van der Waals surface area contributed by atoms with Gasteiger partial charge in [-0.3, -0.25) is 14.5 Å². The van der Waals surface area contributed by atoms with E-state index in [1.165, 1.54) is 11.3 Å². The molecule has 1 aliphatic heterocycles. The fourth-order valence-electron chi connectivity index (χ4n) is 4.45. The molecule has 4 heterocycles. The summed E-state index contributed by atoms with van der Waals surface area (Å²) in [7, 11) is 0. The monoisotopic (exact) mass is 502 g/mol. The normalized spacial score (nSPS) is 13.7. The minimum absolute atomic E-state index is 0.0596. The molecule has 4 aromatic rings. The van der Waals surface area contributed by atoms with Gasteiger partial charge < -0.3 is 10.0 Å². The Hall–Kier alpha value is -3.92. The zero-order valence-corrected chi connectivity index (χ0v) is 21.0. The molecule has 3 aromatic heterocycles. The zero-order valence-electron chi connectivity index (χ0n) is 20.1. The average molecular weight is 503 g/mol. The maximum absolute atomic E-state index is 12.8. The van der Waals surface area contributed by atoms with Crippen molar-refractivity contribution in [3.8, 4) is 11.1 Å². The lowest BCUT2D eigenvalue weighted by molar-refractivity contribution is -0.131. The third kappa shape index (κ3) is 4.76. The Balaban J connectivity index is 1.47. The SMILES string of the molecule is CCc1nc(C)ccc1-c1cc(C(=O)O)cc2sc(C3=CCCN(C(=O)CCn4ccnn4)C3)nc12. The molecule has 0 saturated carbocycles. The number of pyridine rings is 1. The van der Waals surface area contributed by atoms with Crippen LogP contribution in [0.5, 0.6) is 0 Å². The summed E-state index contributed by atoms with van der Waals surface area (Å²) in [6, 6.07) is 7.30. The number of amides is 1. The first-order valence-electron chi connectivity index (χ1n) is 11.9. The first kappa shape index (κ1) is 23.8. The van der Waals surface area contributed by atoms with E-state index in [0.717, 1.165) is 56.2 Å². The van der Waals surface area contributed by atoms with Gasteiger partial charge >= 0.3 is 5.97 Å². The maximum Gasteiger partial charge on any atom is 0.335 e. The van der Waals surface area contributed by atoms with E-state index in [1.807, 2.05) is 30.9 Å². The van der Waals surface area contributed by atoms with Crippen molar-refractivity contribution in [2.45, 2.75) is 39.7 Å². The van der Waals surface area contributed by atoms with Crippen molar-refractivity contribution < 1.29 is 14.7 Å². The van der Waals surface area contributed by atoms with Crippen LogP contribution in [0.1, 0.15) is 46.5 Å². The minimum atomic E-state index is -0.979. The van der Waals surface area contributed by atoms with E-state index in [2.05, 4.69) is 21.4 Å². The molecule has 36 heavy (non-hydrogen) atoms. The van der Waals surface area contributed by atoms with Gasteiger partial charge in [0.25, 0.3) is 0 Å². The Morgan fingerprint density at radius 1 is 1.17 bits per heavy atom. The van der Waals surface area contributed by atoms with Crippen molar-refractivity contribution in [2.24, 2.45) is 0 Å². The second-order valence-corrected chi connectivity index (χ2v) is 9.78. The van der Waals surface area contributed by atoms with E-state index in [-0.39, 0.29) is 11.5 Å². The number of benzene rings is 1. The van der Waals surface area contributed by atoms with Crippen molar-refractivity contribution >= 4 is 39.0 Å². The Morgan fingerprint density at radius 3 is 2.78 bits per heavy atom. The third-order valence-electron chi connectivity index (χ3n) is 6.29. The van der Waals surface area contributed by atoms with E-state index >= 15 is 0 Å². The van der Waals surface area contributed by atoms with E-state index in [4.69, 9.17) is 4.98 Å².